The van der Waals surface area contributed by atoms with Gasteiger partial charge in [-0.25, -0.2) is 4.79 Å². The van der Waals surface area contributed by atoms with Crippen LogP contribution in [0.5, 0.6) is 6.01 Å². The molecule has 0 spiro atoms. The van der Waals surface area contributed by atoms with Crippen LogP contribution in [-0.4, -0.2) is 61.7 Å². The molecule has 4 rings (SSSR count). The molecular formula is C24H32N6O4. The normalized spacial score (nSPS) is 15.1. The number of hydrogen-bond acceptors (Lipinski definition) is 7. The molecule has 3 aromatic rings. The van der Waals surface area contributed by atoms with Gasteiger partial charge >= 0.3 is 17.7 Å². The largest absolute Gasteiger partial charge is 0.481 e. The van der Waals surface area contributed by atoms with Crippen molar-refractivity contribution in [2.45, 2.75) is 51.5 Å². The van der Waals surface area contributed by atoms with Crippen LogP contribution in [0.1, 0.15) is 49.7 Å². The van der Waals surface area contributed by atoms with Crippen molar-refractivity contribution in [3.8, 4) is 6.01 Å². The molecular weight excluding hydrogens is 436 g/mol. The molecule has 3 heterocycles. The molecule has 0 unspecified atom stereocenters. The summed E-state index contributed by atoms with van der Waals surface area (Å²) < 4.78 is 7.20. The first-order chi connectivity index (χ1) is 16.4. The monoisotopic (exact) mass is 468 g/mol. The van der Waals surface area contributed by atoms with Gasteiger partial charge in [-0.1, -0.05) is 37.6 Å². The molecule has 0 bridgehead atoms. The summed E-state index contributed by atoms with van der Waals surface area (Å²) in [6, 6.07) is 8.10. The fourth-order valence-corrected chi connectivity index (χ4v) is 4.47. The number of benzene rings is 1. The van der Waals surface area contributed by atoms with Gasteiger partial charge in [0.05, 0.1) is 13.0 Å². The number of imidazole rings is 1. The van der Waals surface area contributed by atoms with E-state index in [0.29, 0.717) is 36.8 Å². The minimum absolute atomic E-state index is 0.0471. The summed E-state index contributed by atoms with van der Waals surface area (Å²) in [5.41, 5.74) is 8.72. The first-order valence-corrected chi connectivity index (χ1v) is 11.9. The quantitative estimate of drug-likeness (QED) is 0.385. The van der Waals surface area contributed by atoms with Gasteiger partial charge in [0.2, 0.25) is 0 Å². The molecule has 0 saturated carbocycles. The van der Waals surface area contributed by atoms with E-state index in [1.165, 1.54) is 5.56 Å². The first-order valence-electron chi connectivity index (χ1n) is 11.9. The molecule has 1 aromatic carbocycles. The van der Waals surface area contributed by atoms with Gasteiger partial charge in [-0.3, -0.25) is 9.36 Å². The number of aromatic amines is 1. The number of ether oxygens (including phenoxy) is 1. The van der Waals surface area contributed by atoms with Crippen molar-refractivity contribution in [3.63, 3.8) is 0 Å². The molecule has 10 nitrogen and oxygen atoms in total. The third kappa shape index (κ3) is 5.56. The van der Waals surface area contributed by atoms with Gasteiger partial charge in [-0.2, -0.15) is 9.97 Å². The fraction of sp³-hybridized carbons (Fsp3) is 0.500. The summed E-state index contributed by atoms with van der Waals surface area (Å²) in [6.07, 6.45) is 3.91. The zero-order chi connectivity index (χ0) is 24.1. The number of nitrogen functional groups attached to an aromatic ring is 1. The van der Waals surface area contributed by atoms with Crippen LogP contribution in [0.2, 0.25) is 0 Å². The van der Waals surface area contributed by atoms with E-state index < -0.39 is 5.97 Å². The molecule has 0 radical (unpaired) electrons. The number of aromatic nitrogens is 4. The van der Waals surface area contributed by atoms with Crippen LogP contribution in [0.4, 0.5) is 5.82 Å². The average molecular weight is 469 g/mol. The smallest absolute Gasteiger partial charge is 0.327 e. The second kappa shape index (κ2) is 10.7. The molecule has 1 aliphatic heterocycles. The maximum atomic E-state index is 12.6. The van der Waals surface area contributed by atoms with Gasteiger partial charge in [-0.15, -0.1) is 0 Å². The number of carboxylic acids is 1. The zero-order valence-electron chi connectivity index (χ0n) is 19.5. The molecule has 1 saturated heterocycles. The highest BCUT2D eigenvalue weighted by Gasteiger charge is 2.22. The lowest BCUT2D eigenvalue weighted by atomic mass is 9.88. The number of anilines is 1. The van der Waals surface area contributed by atoms with Crippen molar-refractivity contribution in [1.29, 1.82) is 0 Å². The SMILES string of the molecule is CCCCOc1nc(N)c2[nH]c(=O)n(CCN3CCC(c4cccc(CC(=O)O)c4)CC3)c2n1. The topological polar surface area (TPSA) is 139 Å². The molecule has 2 aromatic heterocycles. The Labute approximate surface area is 197 Å². The van der Waals surface area contributed by atoms with Crippen LogP contribution in [0.3, 0.4) is 0 Å². The molecule has 1 fully saturated rings. The molecule has 0 aliphatic carbocycles. The van der Waals surface area contributed by atoms with Crippen molar-refractivity contribution >= 4 is 23.0 Å². The minimum atomic E-state index is -0.814. The minimum Gasteiger partial charge on any atom is -0.481 e. The third-order valence-corrected chi connectivity index (χ3v) is 6.36. The van der Waals surface area contributed by atoms with Crippen molar-refractivity contribution in [2.75, 3.05) is 32.0 Å². The van der Waals surface area contributed by atoms with E-state index in [1.54, 1.807) is 4.57 Å². The van der Waals surface area contributed by atoms with Crippen molar-refractivity contribution in [3.05, 3.63) is 45.9 Å². The predicted molar refractivity (Wildman–Crippen MR) is 129 cm³/mol. The number of piperidine rings is 1. The fourth-order valence-electron chi connectivity index (χ4n) is 4.47. The van der Waals surface area contributed by atoms with Crippen LogP contribution in [-0.2, 0) is 17.8 Å². The van der Waals surface area contributed by atoms with Crippen LogP contribution in [0.15, 0.2) is 29.1 Å². The van der Waals surface area contributed by atoms with E-state index in [4.69, 9.17) is 15.6 Å². The van der Waals surface area contributed by atoms with Crippen LogP contribution in [0, 0.1) is 0 Å². The maximum absolute atomic E-state index is 12.6. The molecule has 0 atom stereocenters. The summed E-state index contributed by atoms with van der Waals surface area (Å²) in [6.45, 7) is 5.60. The molecule has 1 aliphatic rings. The standard InChI is InChI=1S/C24H32N6O4/c1-2-3-13-34-23-27-21(25)20-22(28-23)30(24(33)26-20)12-11-29-9-7-17(8-10-29)18-6-4-5-16(14-18)15-19(31)32/h4-6,14,17H,2-3,7-13,15H2,1H3,(H,26,33)(H,31,32)(H2,25,27,28). The number of carboxylic acid groups (broad SMARTS) is 1. The lowest BCUT2D eigenvalue weighted by molar-refractivity contribution is -0.136. The number of carbonyl (C=O) groups is 1. The van der Waals surface area contributed by atoms with E-state index in [-0.39, 0.29) is 23.9 Å². The van der Waals surface area contributed by atoms with Crippen LogP contribution < -0.4 is 16.2 Å². The van der Waals surface area contributed by atoms with E-state index in [2.05, 4.69) is 32.8 Å². The van der Waals surface area contributed by atoms with Gasteiger partial charge < -0.3 is 25.5 Å². The molecule has 34 heavy (non-hydrogen) atoms. The number of H-pyrrole nitrogens is 1. The summed E-state index contributed by atoms with van der Waals surface area (Å²) in [5.74, 6) is -0.194. The number of nitrogens with two attached hydrogens (primary N) is 1. The molecule has 0 amide bonds. The molecule has 182 valence electrons. The number of unbranched alkanes of at least 4 members (excludes halogenated alkanes) is 1. The number of hydrogen-bond donors (Lipinski definition) is 3. The number of likely N-dealkylation sites (tertiary alicyclic amines) is 1. The zero-order valence-corrected chi connectivity index (χ0v) is 19.5. The van der Waals surface area contributed by atoms with E-state index in [0.717, 1.165) is 44.3 Å². The average Bonchev–Trinajstić information content (AvgIpc) is 3.13. The number of nitrogens with zero attached hydrogens (tertiary/aromatic N) is 4. The first kappa shape index (κ1) is 23.7. The Kier molecular flexibility index (Phi) is 7.46. The number of fused-ring (bicyclic) bond motifs is 1. The highest BCUT2D eigenvalue weighted by atomic mass is 16.5. The highest BCUT2D eigenvalue weighted by molar-refractivity contribution is 5.81. The van der Waals surface area contributed by atoms with Crippen LogP contribution in [0.25, 0.3) is 11.2 Å². The summed E-state index contributed by atoms with van der Waals surface area (Å²) >= 11 is 0. The summed E-state index contributed by atoms with van der Waals surface area (Å²) in [5, 5.41) is 9.05. The van der Waals surface area contributed by atoms with Gasteiger partial charge in [0.25, 0.3) is 0 Å². The molecule has 4 N–H and O–H groups in total. The summed E-state index contributed by atoms with van der Waals surface area (Å²) in [7, 11) is 0. The summed E-state index contributed by atoms with van der Waals surface area (Å²) in [4.78, 5) is 37.3. The van der Waals surface area contributed by atoms with Crippen molar-refractivity contribution in [1.82, 2.24) is 24.4 Å². The van der Waals surface area contributed by atoms with E-state index >= 15 is 0 Å². The lowest BCUT2D eigenvalue weighted by Gasteiger charge is -2.32. The lowest BCUT2D eigenvalue weighted by Crippen LogP contribution is -2.36. The third-order valence-electron chi connectivity index (χ3n) is 6.36. The number of aliphatic carboxylic acids is 1. The van der Waals surface area contributed by atoms with Gasteiger partial charge in [0.15, 0.2) is 11.5 Å². The van der Waals surface area contributed by atoms with E-state index in [1.807, 2.05) is 18.2 Å². The predicted octanol–water partition coefficient (Wildman–Crippen LogP) is 2.39. The van der Waals surface area contributed by atoms with Gasteiger partial charge in [0.1, 0.15) is 5.52 Å². The van der Waals surface area contributed by atoms with Gasteiger partial charge in [0, 0.05) is 13.1 Å². The number of rotatable bonds is 10. The Morgan fingerprint density at radius 3 is 2.79 bits per heavy atom. The van der Waals surface area contributed by atoms with Gasteiger partial charge in [-0.05, 0) is 49.4 Å². The Hall–Kier alpha value is -3.40. The Morgan fingerprint density at radius 2 is 2.06 bits per heavy atom. The Bertz CT molecular complexity index is 1200. The van der Waals surface area contributed by atoms with E-state index in [9.17, 15) is 9.59 Å². The van der Waals surface area contributed by atoms with Crippen LogP contribution >= 0.6 is 0 Å². The molecule has 10 heteroatoms. The van der Waals surface area contributed by atoms with Crippen molar-refractivity contribution < 1.29 is 14.6 Å². The second-order valence-corrected chi connectivity index (χ2v) is 8.81. The number of nitrogens with one attached hydrogen (secondary N) is 1. The maximum Gasteiger partial charge on any atom is 0.327 e. The highest BCUT2D eigenvalue weighted by Crippen LogP contribution is 2.28. The Balaban J connectivity index is 1.38. The second-order valence-electron chi connectivity index (χ2n) is 8.81. The Morgan fingerprint density at radius 1 is 1.26 bits per heavy atom. The van der Waals surface area contributed by atoms with Crippen molar-refractivity contribution in [2.24, 2.45) is 0 Å².